The minimum absolute atomic E-state index is 0.101. The van der Waals surface area contributed by atoms with E-state index in [1.807, 2.05) is 24.3 Å². The first kappa shape index (κ1) is 16.8. The van der Waals surface area contributed by atoms with Gasteiger partial charge in [-0.2, -0.15) is 0 Å². The van der Waals surface area contributed by atoms with Gasteiger partial charge in [-0.1, -0.05) is 38.3 Å². The molecule has 1 aromatic carbocycles. The van der Waals surface area contributed by atoms with E-state index in [0.29, 0.717) is 6.54 Å². The monoisotopic (exact) mass is 305 g/mol. The van der Waals surface area contributed by atoms with Gasteiger partial charge in [-0.15, -0.1) is 0 Å². The van der Waals surface area contributed by atoms with Crippen molar-refractivity contribution in [3.8, 4) is 5.75 Å². The molecule has 0 bridgehead atoms. The molecule has 2 rings (SSSR count). The largest absolute Gasteiger partial charge is 0.497 e. The summed E-state index contributed by atoms with van der Waals surface area (Å²) in [4.78, 5) is 11.8. The van der Waals surface area contributed by atoms with Crippen LogP contribution in [0.15, 0.2) is 24.3 Å². The van der Waals surface area contributed by atoms with Crippen LogP contribution in [0.1, 0.15) is 51.0 Å². The third-order valence-corrected chi connectivity index (χ3v) is 5.08. The normalized spacial score (nSPS) is 18.6. The van der Waals surface area contributed by atoms with Crippen molar-refractivity contribution in [1.29, 1.82) is 0 Å². The fourth-order valence-corrected chi connectivity index (χ4v) is 3.63. The molecule has 1 aliphatic rings. The summed E-state index contributed by atoms with van der Waals surface area (Å²) in [6.07, 6.45) is 6.45. The van der Waals surface area contributed by atoms with Crippen LogP contribution in [0.4, 0.5) is 0 Å². The van der Waals surface area contributed by atoms with Gasteiger partial charge in [0.05, 0.1) is 7.11 Å². The number of carboxylic acids is 1. The fraction of sp³-hybridized carbons (Fsp3) is 0.611. The number of nitrogens with one attached hydrogen (secondary N) is 1. The highest BCUT2D eigenvalue weighted by Gasteiger charge is 2.42. The third-order valence-electron chi connectivity index (χ3n) is 5.08. The average molecular weight is 305 g/mol. The van der Waals surface area contributed by atoms with Gasteiger partial charge < -0.3 is 9.84 Å². The Morgan fingerprint density at radius 1 is 1.27 bits per heavy atom. The standard InChI is InChI=1S/C18H27NO3/c1-3-18(11-5-4-6-12-18)16(17(20)21)19-13-14-7-9-15(22-2)10-8-14/h7-10,16,19H,3-6,11-13H2,1-2H3,(H,20,21). The van der Waals surface area contributed by atoms with Gasteiger partial charge in [0.15, 0.2) is 0 Å². The zero-order chi connectivity index (χ0) is 16.0. The highest BCUT2D eigenvalue weighted by Crippen LogP contribution is 2.42. The van der Waals surface area contributed by atoms with Crippen LogP contribution in [0.25, 0.3) is 0 Å². The number of benzene rings is 1. The van der Waals surface area contributed by atoms with Crippen LogP contribution < -0.4 is 10.1 Å². The van der Waals surface area contributed by atoms with E-state index in [1.54, 1.807) is 7.11 Å². The summed E-state index contributed by atoms with van der Waals surface area (Å²) in [5.74, 6) is 0.0908. The molecule has 0 heterocycles. The number of ether oxygens (including phenoxy) is 1. The van der Waals surface area contributed by atoms with Crippen LogP contribution >= 0.6 is 0 Å². The Morgan fingerprint density at radius 2 is 1.91 bits per heavy atom. The van der Waals surface area contributed by atoms with Gasteiger partial charge >= 0.3 is 5.97 Å². The summed E-state index contributed by atoms with van der Waals surface area (Å²) in [7, 11) is 1.64. The molecule has 0 saturated heterocycles. The maximum absolute atomic E-state index is 11.8. The van der Waals surface area contributed by atoms with E-state index in [0.717, 1.165) is 43.4 Å². The van der Waals surface area contributed by atoms with Crippen molar-refractivity contribution in [1.82, 2.24) is 5.32 Å². The van der Waals surface area contributed by atoms with Crippen molar-refractivity contribution in [2.75, 3.05) is 7.11 Å². The molecule has 1 unspecified atom stereocenters. The lowest BCUT2D eigenvalue weighted by Gasteiger charge is -2.41. The number of rotatable bonds is 7. The van der Waals surface area contributed by atoms with Crippen LogP contribution in [0.3, 0.4) is 0 Å². The SMILES string of the molecule is CCC1(C(NCc2ccc(OC)cc2)C(=O)O)CCCCC1. The molecule has 1 aromatic rings. The molecule has 0 aliphatic heterocycles. The van der Waals surface area contributed by atoms with Crippen LogP contribution in [0.2, 0.25) is 0 Å². The molecule has 2 N–H and O–H groups in total. The third kappa shape index (κ3) is 3.80. The molecule has 0 amide bonds. The maximum Gasteiger partial charge on any atom is 0.321 e. The van der Waals surface area contributed by atoms with E-state index in [2.05, 4.69) is 12.2 Å². The first-order chi connectivity index (χ1) is 10.6. The van der Waals surface area contributed by atoms with E-state index in [-0.39, 0.29) is 5.41 Å². The van der Waals surface area contributed by atoms with Crippen molar-refractivity contribution in [3.05, 3.63) is 29.8 Å². The Balaban J connectivity index is 2.06. The van der Waals surface area contributed by atoms with E-state index >= 15 is 0 Å². The summed E-state index contributed by atoms with van der Waals surface area (Å²) in [5.41, 5.74) is 0.977. The summed E-state index contributed by atoms with van der Waals surface area (Å²) in [5, 5.41) is 13.0. The number of aliphatic carboxylic acids is 1. The van der Waals surface area contributed by atoms with Gasteiger partial charge in [0.1, 0.15) is 11.8 Å². The number of carbonyl (C=O) groups is 1. The first-order valence-corrected chi connectivity index (χ1v) is 8.20. The number of hydrogen-bond acceptors (Lipinski definition) is 3. The summed E-state index contributed by atoms with van der Waals surface area (Å²) >= 11 is 0. The minimum Gasteiger partial charge on any atom is -0.497 e. The number of methoxy groups -OCH3 is 1. The molecule has 4 nitrogen and oxygen atoms in total. The zero-order valence-corrected chi connectivity index (χ0v) is 13.6. The zero-order valence-electron chi connectivity index (χ0n) is 13.6. The lowest BCUT2D eigenvalue weighted by Crippen LogP contribution is -2.51. The predicted octanol–water partition coefficient (Wildman–Crippen LogP) is 3.60. The second-order valence-electron chi connectivity index (χ2n) is 6.28. The fourth-order valence-electron chi connectivity index (χ4n) is 3.63. The molecule has 1 aliphatic carbocycles. The van der Waals surface area contributed by atoms with Gasteiger partial charge in [0, 0.05) is 6.54 Å². The van der Waals surface area contributed by atoms with Crippen molar-refractivity contribution in [2.45, 2.75) is 58.0 Å². The highest BCUT2D eigenvalue weighted by atomic mass is 16.5. The molecule has 1 atom stereocenters. The van der Waals surface area contributed by atoms with E-state index in [1.165, 1.54) is 6.42 Å². The smallest absolute Gasteiger partial charge is 0.321 e. The van der Waals surface area contributed by atoms with Crippen LogP contribution in [-0.4, -0.2) is 24.2 Å². The van der Waals surface area contributed by atoms with Crippen LogP contribution in [0, 0.1) is 5.41 Å². The Labute approximate surface area is 132 Å². The van der Waals surface area contributed by atoms with Gasteiger partial charge in [-0.3, -0.25) is 10.1 Å². The van der Waals surface area contributed by atoms with Crippen molar-refractivity contribution >= 4 is 5.97 Å². The summed E-state index contributed by atoms with van der Waals surface area (Å²) in [6, 6.07) is 7.29. The van der Waals surface area contributed by atoms with Crippen LogP contribution in [0.5, 0.6) is 5.75 Å². The summed E-state index contributed by atoms with van der Waals surface area (Å²) in [6.45, 7) is 2.69. The second kappa shape index (κ2) is 7.63. The van der Waals surface area contributed by atoms with Gasteiger partial charge in [0.2, 0.25) is 0 Å². The molecular formula is C18H27NO3. The Bertz CT molecular complexity index is 478. The van der Waals surface area contributed by atoms with Crippen molar-refractivity contribution < 1.29 is 14.6 Å². The van der Waals surface area contributed by atoms with E-state index in [4.69, 9.17) is 4.74 Å². The molecule has 22 heavy (non-hydrogen) atoms. The average Bonchev–Trinajstić information content (AvgIpc) is 2.56. The van der Waals surface area contributed by atoms with E-state index in [9.17, 15) is 9.90 Å². The van der Waals surface area contributed by atoms with Gasteiger partial charge in [-0.25, -0.2) is 0 Å². The minimum atomic E-state index is -0.725. The Kier molecular flexibility index (Phi) is 5.83. The van der Waals surface area contributed by atoms with Crippen LogP contribution in [-0.2, 0) is 11.3 Å². The first-order valence-electron chi connectivity index (χ1n) is 8.20. The second-order valence-corrected chi connectivity index (χ2v) is 6.28. The lowest BCUT2D eigenvalue weighted by molar-refractivity contribution is -0.144. The molecule has 4 heteroatoms. The summed E-state index contributed by atoms with van der Waals surface area (Å²) < 4.78 is 5.15. The maximum atomic E-state index is 11.8. The highest BCUT2D eigenvalue weighted by molar-refractivity contribution is 5.74. The number of hydrogen-bond donors (Lipinski definition) is 2. The molecule has 0 radical (unpaired) electrons. The number of carboxylic acid groups (broad SMARTS) is 1. The molecule has 122 valence electrons. The van der Waals surface area contributed by atoms with E-state index < -0.39 is 12.0 Å². The molecule has 0 aromatic heterocycles. The van der Waals surface area contributed by atoms with Gasteiger partial charge in [0.25, 0.3) is 0 Å². The quantitative estimate of drug-likeness (QED) is 0.808. The Morgan fingerprint density at radius 3 is 2.41 bits per heavy atom. The van der Waals surface area contributed by atoms with Crippen molar-refractivity contribution in [3.63, 3.8) is 0 Å². The van der Waals surface area contributed by atoms with Crippen molar-refractivity contribution in [2.24, 2.45) is 5.41 Å². The molecule has 0 spiro atoms. The lowest BCUT2D eigenvalue weighted by atomic mass is 9.67. The van der Waals surface area contributed by atoms with Gasteiger partial charge in [-0.05, 0) is 42.4 Å². The molecule has 1 saturated carbocycles. The molecule has 1 fully saturated rings. The Hall–Kier alpha value is -1.55. The topological polar surface area (TPSA) is 58.6 Å². The predicted molar refractivity (Wildman–Crippen MR) is 87.1 cm³/mol. The molecular weight excluding hydrogens is 278 g/mol.